The molecule has 1 aliphatic heterocycles. The average Bonchev–Trinajstić information content (AvgIpc) is 2.33. The lowest BCUT2D eigenvalue weighted by atomic mass is 9.80. The molecule has 3 nitrogen and oxygen atoms in total. The van der Waals surface area contributed by atoms with Gasteiger partial charge >= 0.3 is 0 Å². The van der Waals surface area contributed by atoms with Crippen molar-refractivity contribution in [2.45, 2.75) is 39.2 Å². The molecule has 0 atom stereocenters. The number of nitrogens with two attached hydrogens (primary N) is 1. The Hall–Kier alpha value is -1.35. The van der Waals surface area contributed by atoms with Crippen molar-refractivity contribution in [3.63, 3.8) is 0 Å². The van der Waals surface area contributed by atoms with Gasteiger partial charge in [0.15, 0.2) is 0 Å². The first-order valence-corrected chi connectivity index (χ1v) is 7.03. The summed E-state index contributed by atoms with van der Waals surface area (Å²) in [5.41, 5.74) is 8.51. The van der Waals surface area contributed by atoms with E-state index in [9.17, 15) is 4.79 Å². The van der Waals surface area contributed by atoms with Crippen LogP contribution in [0, 0.1) is 12.8 Å². The predicted molar refractivity (Wildman–Crippen MR) is 77.8 cm³/mol. The third-order valence-corrected chi connectivity index (χ3v) is 4.22. The first kappa shape index (κ1) is 14.1. The van der Waals surface area contributed by atoms with E-state index in [-0.39, 0.29) is 11.4 Å². The van der Waals surface area contributed by atoms with Gasteiger partial charge in [-0.05, 0) is 24.8 Å². The van der Waals surface area contributed by atoms with Gasteiger partial charge in [0, 0.05) is 19.5 Å². The molecule has 0 radical (unpaired) electrons. The Morgan fingerprint density at radius 2 is 1.89 bits per heavy atom. The maximum atomic E-state index is 12.0. The normalized spacial score (nSPS) is 17.4. The molecule has 0 aromatic heterocycles. The summed E-state index contributed by atoms with van der Waals surface area (Å²) in [5.74, 6) is 0.649. The Labute approximate surface area is 115 Å². The number of rotatable bonds is 4. The summed E-state index contributed by atoms with van der Waals surface area (Å²) in [4.78, 5) is 13.9. The van der Waals surface area contributed by atoms with E-state index >= 15 is 0 Å². The Morgan fingerprint density at radius 3 is 2.42 bits per heavy atom. The van der Waals surface area contributed by atoms with Crippen LogP contribution in [0.5, 0.6) is 0 Å². The Bertz CT molecular complexity index is 444. The van der Waals surface area contributed by atoms with Crippen molar-refractivity contribution in [2.75, 3.05) is 13.1 Å². The largest absolute Gasteiger partial charge is 0.339 e. The van der Waals surface area contributed by atoms with Crippen LogP contribution in [0.15, 0.2) is 24.3 Å². The Balaban J connectivity index is 1.79. The number of aryl methyl sites for hydroxylation is 2. The van der Waals surface area contributed by atoms with Crippen molar-refractivity contribution in [2.24, 2.45) is 11.7 Å². The first-order chi connectivity index (χ1) is 8.90. The van der Waals surface area contributed by atoms with E-state index in [1.807, 2.05) is 4.90 Å². The highest BCUT2D eigenvalue weighted by atomic mass is 16.2. The van der Waals surface area contributed by atoms with Gasteiger partial charge in [-0.15, -0.1) is 0 Å². The lowest BCUT2D eigenvalue weighted by Gasteiger charge is -2.50. The van der Waals surface area contributed by atoms with Gasteiger partial charge in [-0.1, -0.05) is 43.7 Å². The number of carbonyl (C=O) groups excluding carboxylic acids is 1. The van der Waals surface area contributed by atoms with E-state index in [2.05, 4.69) is 45.0 Å². The van der Waals surface area contributed by atoms with Crippen molar-refractivity contribution in [1.29, 1.82) is 0 Å². The smallest absolute Gasteiger partial charge is 0.223 e. The van der Waals surface area contributed by atoms with Crippen molar-refractivity contribution >= 4 is 5.91 Å². The van der Waals surface area contributed by atoms with Crippen LogP contribution < -0.4 is 5.73 Å². The number of likely N-dealkylation sites (tertiary alicyclic amines) is 1. The van der Waals surface area contributed by atoms with E-state index in [1.165, 1.54) is 11.1 Å². The third kappa shape index (κ3) is 3.16. The molecule has 2 N–H and O–H groups in total. The van der Waals surface area contributed by atoms with Crippen molar-refractivity contribution in [3.8, 4) is 0 Å². The molecule has 1 heterocycles. The van der Waals surface area contributed by atoms with Crippen LogP contribution in [0.4, 0.5) is 0 Å². The van der Waals surface area contributed by atoms with Gasteiger partial charge < -0.3 is 10.6 Å². The van der Waals surface area contributed by atoms with Crippen molar-refractivity contribution in [3.05, 3.63) is 35.4 Å². The molecule has 1 aromatic rings. The second-order valence-electron chi connectivity index (χ2n) is 6.12. The maximum Gasteiger partial charge on any atom is 0.223 e. The third-order valence-electron chi connectivity index (χ3n) is 4.22. The Kier molecular flexibility index (Phi) is 3.95. The SMILES string of the molecule is Cc1ccc(CCC(=O)N2CC(N)(C(C)C)C2)cc1. The van der Waals surface area contributed by atoms with Crippen LogP contribution in [0.25, 0.3) is 0 Å². The molecule has 3 heteroatoms. The van der Waals surface area contributed by atoms with Gasteiger partial charge in [0.05, 0.1) is 5.54 Å². The molecule has 104 valence electrons. The van der Waals surface area contributed by atoms with Gasteiger partial charge in [0.2, 0.25) is 5.91 Å². The summed E-state index contributed by atoms with van der Waals surface area (Å²) < 4.78 is 0. The molecule has 0 spiro atoms. The topological polar surface area (TPSA) is 46.3 Å². The van der Waals surface area contributed by atoms with E-state index in [4.69, 9.17) is 5.73 Å². The van der Waals surface area contributed by atoms with Gasteiger partial charge in [0.25, 0.3) is 0 Å². The zero-order valence-electron chi connectivity index (χ0n) is 12.1. The molecular weight excluding hydrogens is 236 g/mol. The predicted octanol–water partition coefficient (Wildman–Crippen LogP) is 2.12. The summed E-state index contributed by atoms with van der Waals surface area (Å²) in [6, 6.07) is 8.38. The van der Waals surface area contributed by atoms with Crippen molar-refractivity contribution < 1.29 is 4.79 Å². The van der Waals surface area contributed by atoms with E-state index < -0.39 is 0 Å². The molecule has 0 saturated carbocycles. The van der Waals surface area contributed by atoms with Gasteiger partial charge in [-0.25, -0.2) is 0 Å². The fraction of sp³-hybridized carbons (Fsp3) is 0.562. The minimum absolute atomic E-state index is 0.167. The van der Waals surface area contributed by atoms with Gasteiger partial charge in [-0.3, -0.25) is 4.79 Å². The zero-order valence-corrected chi connectivity index (χ0v) is 12.1. The summed E-state index contributed by atoms with van der Waals surface area (Å²) in [7, 11) is 0. The number of hydrogen-bond acceptors (Lipinski definition) is 2. The second kappa shape index (κ2) is 5.33. The van der Waals surface area contributed by atoms with Crippen LogP contribution in [0.3, 0.4) is 0 Å². The molecule has 1 saturated heterocycles. The van der Waals surface area contributed by atoms with Crippen LogP contribution in [0.2, 0.25) is 0 Å². The Morgan fingerprint density at radius 1 is 1.32 bits per heavy atom. The second-order valence-corrected chi connectivity index (χ2v) is 6.12. The molecule has 1 fully saturated rings. The molecule has 1 aromatic carbocycles. The van der Waals surface area contributed by atoms with E-state index in [1.54, 1.807) is 0 Å². The number of hydrogen-bond donors (Lipinski definition) is 1. The lowest BCUT2D eigenvalue weighted by molar-refractivity contribution is -0.140. The van der Waals surface area contributed by atoms with Crippen LogP contribution in [0.1, 0.15) is 31.4 Å². The molecule has 1 aliphatic rings. The van der Waals surface area contributed by atoms with Crippen LogP contribution in [-0.2, 0) is 11.2 Å². The fourth-order valence-corrected chi connectivity index (χ4v) is 2.37. The molecule has 0 unspecified atom stereocenters. The average molecular weight is 260 g/mol. The fourth-order valence-electron chi connectivity index (χ4n) is 2.37. The van der Waals surface area contributed by atoms with Crippen molar-refractivity contribution in [1.82, 2.24) is 4.90 Å². The summed E-state index contributed by atoms with van der Waals surface area (Å²) in [6.07, 6.45) is 1.39. The molecule has 2 rings (SSSR count). The maximum absolute atomic E-state index is 12.0. The minimum Gasteiger partial charge on any atom is -0.339 e. The summed E-state index contributed by atoms with van der Waals surface area (Å²) in [5, 5.41) is 0. The highest BCUT2D eigenvalue weighted by Gasteiger charge is 2.43. The first-order valence-electron chi connectivity index (χ1n) is 7.03. The van der Waals surface area contributed by atoms with Gasteiger partial charge in [0.1, 0.15) is 0 Å². The van der Waals surface area contributed by atoms with Crippen LogP contribution >= 0.6 is 0 Å². The minimum atomic E-state index is -0.167. The monoisotopic (exact) mass is 260 g/mol. The molecular formula is C16H24N2O. The molecule has 0 bridgehead atoms. The highest BCUT2D eigenvalue weighted by Crippen LogP contribution is 2.26. The number of carbonyl (C=O) groups is 1. The quantitative estimate of drug-likeness (QED) is 0.901. The molecule has 0 aliphatic carbocycles. The zero-order chi connectivity index (χ0) is 14.0. The number of amides is 1. The van der Waals surface area contributed by atoms with E-state index in [0.29, 0.717) is 25.4 Å². The molecule has 1 amide bonds. The highest BCUT2D eigenvalue weighted by molar-refractivity contribution is 5.77. The van der Waals surface area contributed by atoms with Crippen LogP contribution in [-0.4, -0.2) is 29.4 Å². The number of benzene rings is 1. The molecule has 19 heavy (non-hydrogen) atoms. The summed E-state index contributed by atoms with van der Waals surface area (Å²) >= 11 is 0. The van der Waals surface area contributed by atoms with Gasteiger partial charge in [-0.2, -0.15) is 0 Å². The summed E-state index contributed by atoms with van der Waals surface area (Å²) in [6.45, 7) is 7.72. The lowest BCUT2D eigenvalue weighted by Crippen LogP contribution is -2.71. The number of nitrogens with zero attached hydrogens (tertiary/aromatic N) is 1. The van der Waals surface area contributed by atoms with E-state index in [0.717, 1.165) is 6.42 Å². The standard InChI is InChI=1S/C16H24N2O/c1-12(2)16(17)10-18(11-16)15(19)9-8-14-6-4-13(3)5-7-14/h4-7,12H,8-11,17H2,1-3H3.